The van der Waals surface area contributed by atoms with E-state index in [1.165, 1.54) is 25.7 Å². The van der Waals surface area contributed by atoms with Gasteiger partial charge in [0.1, 0.15) is 0 Å². The molecule has 1 fully saturated rings. The summed E-state index contributed by atoms with van der Waals surface area (Å²) in [7, 11) is 0. The number of nitriles is 1. The van der Waals surface area contributed by atoms with E-state index in [9.17, 15) is 4.79 Å². The smallest absolute Gasteiger partial charge is 0.224 e. The van der Waals surface area contributed by atoms with Crippen LogP contribution in [0.15, 0.2) is 18.2 Å². The Hall–Kier alpha value is -1.82. The molecule has 0 spiro atoms. The van der Waals surface area contributed by atoms with Crippen molar-refractivity contribution in [3.05, 3.63) is 29.3 Å². The zero-order chi connectivity index (χ0) is 13.7. The molecular weight excluding hydrogens is 236 g/mol. The molecule has 1 saturated carbocycles. The van der Waals surface area contributed by atoms with E-state index in [1.807, 2.05) is 13.0 Å². The normalized spacial score (nSPS) is 15.2. The van der Waals surface area contributed by atoms with Gasteiger partial charge >= 0.3 is 0 Å². The number of hydrogen-bond donors (Lipinski definition) is 1. The third-order valence-corrected chi connectivity index (χ3v) is 3.90. The average Bonchev–Trinajstić information content (AvgIpc) is 2.92. The van der Waals surface area contributed by atoms with Gasteiger partial charge in [0, 0.05) is 12.1 Å². The van der Waals surface area contributed by atoms with Gasteiger partial charge in [-0.2, -0.15) is 5.26 Å². The lowest BCUT2D eigenvalue weighted by Crippen LogP contribution is -2.13. The molecule has 0 bridgehead atoms. The second-order valence-electron chi connectivity index (χ2n) is 5.38. The molecule has 0 saturated heterocycles. The fraction of sp³-hybridized carbons (Fsp3) is 0.500. The predicted octanol–water partition coefficient (Wildman–Crippen LogP) is 3.78. The van der Waals surface area contributed by atoms with Crippen LogP contribution in [0.3, 0.4) is 0 Å². The highest BCUT2D eigenvalue weighted by Gasteiger charge is 2.16. The van der Waals surface area contributed by atoms with Gasteiger partial charge < -0.3 is 5.32 Å². The molecule has 1 aliphatic carbocycles. The van der Waals surface area contributed by atoms with Gasteiger partial charge in [-0.3, -0.25) is 4.79 Å². The predicted molar refractivity (Wildman–Crippen MR) is 75.7 cm³/mol. The summed E-state index contributed by atoms with van der Waals surface area (Å²) in [6, 6.07) is 7.47. The van der Waals surface area contributed by atoms with Gasteiger partial charge in [-0.05, 0) is 37.0 Å². The zero-order valence-corrected chi connectivity index (χ0v) is 11.4. The lowest BCUT2D eigenvalue weighted by atomic mass is 10.0. The standard InChI is InChI=1S/C16H20N2O/c1-12-6-7-14(11-17)10-15(12)18-16(19)9-8-13-4-2-3-5-13/h6-7,10,13H,2-5,8-9H2,1H3,(H,18,19). The molecule has 1 N–H and O–H groups in total. The van der Waals surface area contributed by atoms with Crippen molar-refractivity contribution in [1.82, 2.24) is 0 Å². The fourth-order valence-electron chi connectivity index (χ4n) is 2.67. The Morgan fingerprint density at radius 2 is 2.16 bits per heavy atom. The number of nitrogens with one attached hydrogen (secondary N) is 1. The molecule has 19 heavy (non-hydrogen) atoms. The number of rotatable bonds is 4. The molecule has 100 valence electrons. The number of hydrogen-bond acceptors (Lipinski definition) is 2. The molecule has 1 amide bonds. The molecule has 3 heteroatoms. The number of amides is 1. The van der Waals surface area contributed by atoms with E-state index in [0.29, 0.717) is 12.0 Å². The molecule has 0 atom stereocenters. The lowest BCUT2D eigenvalue weighted by Gasteiger charge is -2.11. The molecule has 0 heterocycles. The third-order valence-electron chi connectivity index (χ3n) is 3.90. The molecule has 1 aliphatic rings. The van der Waals surface area contributed by atoms with Crippen molar-refractivity contribution in [2.75, 3.05) is 5.32 Å². The first-order valence-corrected chi connectivity index (χ1v) is 6.99. The highest BCUT2D eigenvalue weighted by Crippen LogP contribution is 2.28. The number of nitrogens with zero attached hydrogens (tertiary/aromatic N) is 1. The molecule has 2 rings (SSSR count). The molecular formula is C16H20N2O. The van der Waals surface area contributed by atoms with Crippen LogP contribution in [-0.2, 0) is 4.79 Å². The van der Waals surface area contributed by atoms with Crippen molar-refractivity contribution < 1.29 is 4.79 Å². The van der Waals surface area contributed by atoms with Crippen molar-refractivity contribution in [1.29, 1.82) is 5.26 Å². The summed E-state index contributed by atoms with van der Waals surface area (Å²) in [4.78, 5) is 11.9. The highest BCUT2D eigenvalue weighted by atomic mass is 16.1. The van der Waals surface area contributed by atoms with Crippen LogP contribution in [0.1, 0.15) is 49.7 Å². The molecule has 0 unspecified atom stereocenters. The quantitative estimate of drug-likeness (QED) is 0.891. The van der Waals surface area contributed by atoms with Crippen molar-refractivity contribution in [3.63, 3.8) is 0 Å². The zero-order valence-electron chi connectivity index (χ0n) is 11.4. The summed E-state index contributed by atoms with van der Waals surface area (Å²) in [5, 5.41) is 11.8. The van der Waals surface area contributed by atoms with Crippen LogP contribution in [0, 0.1) is 24.2 Å². The maximum absolute atomic E-state index is 11.9. The monoisotopic (exact) mass is 256 g/mol. The summed E-state index contributed by atoms with van der Waals surface area (Å²) >= 11 is 0. The maximum Gasteiger partial charge on any atom is 0.224 e. The fourth-order valence-corrected chi connectivity index (χ4v) is 2.67. The van der Waals surface area contributed by atoms with Gasteiger partial charge in [-0.25, -0.2) is 0 Å². The number of anilines is 1. The van der Waals surface area contributed by atoms with Crippen molar-refractivity contribution in [2.45, 2.75) is 45.4 Å². The third kappa shape index (κ3) is 3.82. The van der Waals surface area contributed by atoms with Crippen molar-refractivity contribution in [2.24, 2.45) is 5.92 Å². The van der Waals surface area contributed by atoms with Crippen molar-refractivity contribution in [3.8, 4) is 6.07 Å². The van der Waals surface area contributed by atoms with Crippen molar-refractivity contribution >= 4 is 11.6 Å². The number of aryl methyl sites for hydroxylation is 1. The second kappa shape index (κ2) is 6.38. The Morgan fingerprint density at radius 1 is 1.42 bits per heavy atom. The minimum Gasteiger partial charge on any atom is -0.326 e. The first-order valence-electron chi connectivity index (χ1n) is 6.99. The number of carbonyl (C=O) groups excluding carboxylic acids is 1. The Bertz CT molecular complexity index is 496. The first kappa shape index (κ1) is 13.6. The average molecular weight is 256 g/mol. The van der Waals surface area contributed by atoms with Crippen LogP contribution < -0.4 is 5.32 Å². The largest absolute Gasteiger partial charge is 0.326 e. The molecule has 0 aliphatic heterocycles. The van der Waals surface area contributed by atoms with Gasteiger partial charge in [-0.1, -0.05) is 31.7 Å². The van der Waals surface area contributed by atoms with E-state index in [0.717, 1.165) is 23.6 Å². The Kier molecular flexibility index (Phi) is 4.57. The SMILES string of the molecule is Cc1ccc(C#N)cc1NC(=O)CCC1CCCC1. The van der Waals surface area contributed by atoms with Crippen LogP contribution in [0.2, 0.25) is 0 Å². The lowest BCUT2D eigenvalue weighted by molar-refractivity contribution is -0.116. The van der Waals surface area contributed by atoms with Crippen LogP contribution in [0.4, 0.5) is 5.69 Å². The van der Waals surface area contributed by atoms with Gasteiger partial charge in [0.25, 0.3) is 0 Å². The van der Waals surface area contributed by atoms with Crippen LogP contribution in [0.25, 0.3) is 0 Å². The minimum atomic E-state index is 0.0603. The number of carbonyl (C=O) groups is 1. The topological polar surface area (TPSA) is 52.9 Å². The highest BCUT2D eigenvalue weighted by molar-refractivity contribution is 5.91. The summed E-state index contributed by atoms with van der Waals surface area (Å²) in [6.45, 7) is 1.94. The second-order valence-corrected chi connectivity index (χ2v) is 5.38. The van der Waals surface area contributed by atoms with E-state index in [4.69, 9.17) is 5.26 Å². The van der Waals surface area contributed by atoms with E-state index in [-0.39, 0.29) is 5.91 Å². The maximum atomic E-state index is 11.9. The first-order chi connectivity index (χ1) is 9.19. The summed E-state index contributed by atoms with van der Waals surface area (Å²) in [5.74, 6) is 0.794. The molecule has 1 aromatic carbocycles. The Labute approximate surface area is 114 Å². The van der Waals surface area contributed by atoms with Crippen LogP contribution in [-0.4, -0.2) is 5.91 Å². The summed E-state index contributed by atoms with van der Waals surface area (Å²) < 4.78 is 0. The van der Waals surface area contributed by atoms with Gasteiger partial charge in [0.2, 0.25) is 5.91 Å². The van der Waals surface area contributed by atoms with E-state index in [1.54, 1.807) is 12.1 Å². The van der Waals surface area contributed by atoms with Crippen LogP contribution >= 0.6 is 0 Å². The molecule has 3 nitrogen and oxygen atoms in total. The number of benzene rings is 1. The Morgan fingerprint density at radius 3 is 2.84 bits per heavy atom. The van der Waals surface area contributed by atoms with Gasteiger partial charge in [0.15, 0.2) is 0 Å². The molecule has 0 aromatic heterocycles. The molecule has 0 radical (unpaired) electrons. The summed E-state index contributed by atoms with van der Waals surface area (Å²) in [5.41, 5.74) is 2.33. The van der Waals surface area contributed by atoms with Crippen LogP contribution in [0.5, 0.6) is 0 Å². The van der Waals surface area contributed by atoms with E-state index >= 15 is 0 Å². The van der Waals surface area contributed by atoms with E-state index < -0.39 is 0 Å². The van der Waals surface area contributed by atoms with Gasteiger partial charge in [-0.15, -0.1) is 0 Å². The van der Waals surface area contributed by atoms with Gasteiger partial charge in [0.05, 0.1) is 11.6 Å². The minimum absolute atomic E-state index is 0.0603. The summed E-state index contributed by atoms with van der Waals surface area (Å²) in [6.07, 6.45) is 6.75. The molecule has 1 aromatic rings. The Balaban J connectivity index is 1.89. The van der Waals surface area contributed by atoms with E-state index in [2.05, 4.69) is 11.4 Å².